The van der Waals surface area contributed by atoms with Gasteiger partial charge < -0.3 is 4.90 Å². The van der Waals surface area contributed by atoms with Crippen LogP contribution in [0.4, 0.5) is 0 Å². The van der Waals surface area contributed by atoms with E-state index in [-0.39, 0.29) is 5.91 Å². The third-order valence-electron chi connectivity index (χ3n) is 4.18. The maximum Gasteiger partial charge on any atom is 0.222 e. The first-order chi connectivity index (χ1) is 10.9. The summed E-state index contributed by atoms with van der Waals surface area (Å²) in [6.07, 6.45) is 1.18. The van der Waals surface area contributed by atoms with Gasteiger partial charge in [0, 0.05) is 32.8 Å². The first kappa shape index (κ1) is 16.8. The maximum atomic E-state index is 12.3. The Hall–Kier alpha value is -2.61. The summed E-state index contributed by atoms with van der Waals surface area (Å²) in [4.78, 5) is 14.0. The quantitative estimate of drug-likeness (QED) is 0.852. The van der Waals surface area contributed by atoms with Gasteiger partial charge in [0.05, 0.1) is 17.3 Å². The summed E-state index contributed by atoms with van der Waals surface area (Å²) in [5, 5.41) is 13.2. The van der Waals surface area contributed by atoms with E-state index in [0.717, 1.165) is 22.5 Å². The average Bonchev–Trinajstić information content (AvgIpc) is 2.78. The van der Waals surface area contributed by atoms with Gasteiger partial charge in [-0.05, 0) is 43.5 Å². The molecule has 0 aliphatic carbocycles. The van der Waals surface area contributed by atoms with Crippen molar-refractivity contribution >= 4 is 5.91 Å². The molecule has 23 heavy (non-hydrogen) atoms. The van der Waals surface area contributed by atoms with E-state index < -0.39 is 0 Å². The fraction of sp³-hybridized carbons (Fsp3) is 0.389. The first-order valence-corrected chi connectivity index (χ1v) is 7.64. The van der Waals surface area contributed by atoms with Crippen LogP contribution in [0.5, 0.6) is 0 Å². The molecule has 0 aliphatic heterocycles. The van der Waals surface area contributed by atoms with E-state index >= 15 is 0 Å². The average molecular weight is 310 g/mol. The Bertz CT molecular complexity index is 738. The lowest BCUT2D eigenvalue weighted by atomic mass is 10.1. The van der Waals surface area contributed by atoms with Gasteiger partial charge in [-0.3, -0.25) is 9.48 Å². The van der Waals surface area contributed by atoms with Gasteiger partial charge in [-0.1, -0.05) is 12.1 Å². The van der Waals surface area contributed by atoms with Crippen molar-refractivity contribution in [2.24, 2.45) is 7.05 Å². The zero-order valence-corrected chi connectivity index (χ0v) is 14.1. The predicted molar refractivity (Wildman–Crippen MR) is 88.6 cm³/mol. The Morgan fingerprint density at radius 1 is 1.30 bits per heavy atom. The van der Waals surface area contributed by atoms with Crippen molar-refractivity contribution in [1.29, 1.82) is 5.26 Å². The zero-order chi connectivity index (χ0) is 17.0. The number of hydrogen-bond donors (Lipinski definition) is 0. The summed E-state index contributed by atoms with van der Waals surface area (Å²) in [6, 6.07) is 9.41. The maximum absolute atomic E-state index is 12.3. The van der Waals surface area contributed by atoms with Gasteiger partial charge in [-0.15, -0.1) is 0 Å². The highest BCUT2D eigenvalue weighted by atomic mass is 16.2. The van der Waals surface area contributed by atoms with Gasteiger partial charge in [0.25, 0.3) is 0 Å². The Kier molecular flexibility index (Phi) is 5.17. The summed E-state index contributed by atoms with van der Waals surface area (Å²) in [5.41, 5.74) is 4.92. The van der Waals surface area contributed by atoms with Crippen molar-refractivity contribution in [2.75, 3.05) is 7.05 Å². The normalized spacial score (nSPS) is 10.4. The molecule has 0 fully saturated rings. The number of nitrogens with zero attached hydrogens (tertiary/aromatic N) is 4. The SMILES string of the molecule is Cc1nn(C)c(C)c1CCC(=O)N(C)Cc1ccc(C#N)cc1. The van der Waals surface area contributed by atoms with E-state index in [1.165, 1.54) is 0 Å². The Balaban J connectivity index is 1.93. The number of rotatable bonds is 5. The second-order valence-corrected chi connectivity index (χ2v) is 5.83. The minimum absolute atomic E-state index is 0.108. The molecule has 1 amide bonds. The summed E-state index contributed by atoms with van der Waals surface area (Å²) in [6.45, 7) is 4.56. The standard InChI is InChI=1S/C18H22N4O/c1-13-17(14(2)22(4)20-13)9-10-18(23)21(3)12-16-7-5-15(11-19)6-8-16/h5-8H,9-10,12H2,1-4H3. The molecule has 120 valence electrons. The van der Waals surface area contributed by atoms with Crippen LogP contribution in [0.1, 0.15) is 34.5 Å². The van der Waals surface area contributed by atoms with Gasteiger partial charge in [-0.25, -0.2) is 0 Å². The number of carbonyl (C=O) groups is 1. The molecule has 0 N–H and O–H groups in total. The zero-order valence-electron chi connectivity index (χ0n) is 14.1. The molecule has 0 spiro atoms. The van der Waals surface area contributed by atoms with Crippen molar-refractivity contribution in [3.8, 4) is 6.07 Å². The highest BCUT2D eigenvalue weighted by molar-refractivity contribution is 5.76. The Morgan fingerprint density at radius 2 is 1.96 bits per heavy atom. The van der Waals surface area contributed by atoms with Crippen LogP contribution >= 0.6 is 0 Å². The molecular weight excluding hydrogens is 288 g/mol. The van der Waals surface area contributed by atoms with Crippen LogP contribution in [0, 0.1) is 25.2 Å². The third kappa shape index (κ3) is 3.98. The van der Waals surface area contributed by atoms with Gasteiger partial charge >= 0.3 is 0 Å². The molecule has 2 rings (SSSR count). The van der Waals surface area contributed by atoms with Crippen LogP contribution in [0.25, 0.3) is 0 Å². The molecule has 1 aromatic heterocycles. The molecule has 0 bridgehead atoms. The fourth-order valence-corrected chi connectivity index (χ4v) is 2.65. The topological polar surface area (TPSA) is 61.9 Å². The van der Waals surface area contributed by atoms with E-state index in [9.17, 15) is 4.79 Å². The van der Waals surface area contributed by atoms with Crippen molar-refractivity contribution in [1.82, 2.24) is 14.7 Å². The molecule has 0 atom stereocenters. The summed E-state index contributed by atoms with van der Waals surface area (Å²) >= 11 is 0. The Morgan fingerprint density at radius 3 is 2.48 bits per heavy atom. The Labute approximate surface area is 137 Å². The van der Waals surface area contributed by atoms with Crippen molar-refractivity contribution < 1.29 is 4.79 Å². The molecule has 1 aromatic carbocycles. The van der Waals surface area contributed by atoms with Crippen LogP contribution in [-0.4, -0.2) is 27.6 Å². The second kappa shape index (κ2) is 7.10. The van der Waals surface area contributed by atoms with E-state index in [2.05, 4.69) is 11.2 Å². The summed E-state index contributed by atoms with van der Waals surface area (Å²) < 4.78 is 1.86. The second-order valence-electron chi connectivity index (χ2n) is 5.83. The van der Waals surface area contributed by atoms with Gasteiger partial charge in [0.15, 0.2) is 0 Å². The van der Waals surface area contributed by atoms with Crippen LogP contribution < -0.4 is 0 Å². The number of aromatic nitrogens is 2. The fourth-order valence-electron chi connectivity index (χ4n) is 2.65. The van der Waals surface area contributed by atoms with Crippen molar-refractivity contribution in [3.63, 3.8) is 0 Å². The number of hydrogen-bond acceptors (Lipinski definition) is 3. The van der Waals surface area contributed by atoms with E-state index in [0.29, 0.717) is 24.9 Å². The van der Waals surface area contributed by atoms with E-state index in [1.54, 1.807) is 17.0 Å². The van der Waals surface area contributed by atoms with E-state index in [1.807, 2.05) is 44.8 Å². The summed E-state index contributed by atoms with van der Waals surface area (Å²) in [7, 11) is 3.73. The third-order valence-corrected chi connectivity index (χ3v) is 4.18. The van der Waals surface area contributed by atoms with Gasteiger partial charge in [0.2, 0.25) is 5.91 Å². The number of amides is 1. The predicted octanol–water partition coefficient (Wildman–Crippen LogP) is 2.50. The van der Waals surface area contributed by atoms with Crippen molar-refractivity contribution in [3.05, 3.63) is 52.3 Å². The molecule has 0 saturated heterocycles. The molecule has 0 radical (unpaired) electrons. The molecule has 2 aromatic rings. The van der Waals surface area contributed by atoms with Crippen LogP contribution in [-0.2, 0) is 24.8 Å². The van der Waals surface area contributed by atoms with Crippen LogP contribution in [0.15, 0.2) is 24.3 Å². The minimum atomic E-state index is 0.108. The first-order valence-electron chi connectivity index (χ1n) is 7.64. The lowest BCUT2D eigenvalue weighted by Gasteiger charge is -2.17. The number of nitriles is 1. The molecule has 1 heterocycles. The highest BCUT2D eigenvalue weighted by Gasteiger charge is 2.14. The minimum Gasteiger partial charge on any atom is -0.341 e. The molecule has 5 heteroatoms. The van der Waals surface area contributed by atoms with Gasteiger partial charge in [-0.2, -0.15) is 10.4 Å². The van der Waals surface area contributed by atoms with Crippen LogP contribution in [0.2, 0.25) is 0 Å². The largest absolute Gasteiger partial charge is 0.341 e. The summed E-state index contributed by atoms with van der Waals surface area (Å²) in [5.74, 6) is 0.108. The van der Waals surface area contributed by atoms with Gasteiger partial charge in [0.1, 0.15) is 0 Å². The van der Waals surface area contributed by atoms with Crippen molar-refractivity contribution in [2.45, 2.75) is 33.2 Å². The highest BCUT2D eigenvalue weighted by Crippen LogP contribution is 2.15. The lowest BCUT2D eigenvalue weighted by molar-refractivity contribution is -0.130. The van der Waals surface area contributed by atoms with Crippen LogP contribution in [0.3, 0.4) is 0 Å². The molecule has 0 unspecified atom stereocenters. The smallest absolute Gasteiger partial charge is 0.222 e. The molecular formula is C18H22N4O. The molecule has 0 saturated carbocycles. The van der Waals surface area contributed by atoms with E-state index in [4.69, 9.17) is 5.26 Å². The molecule has 0 aliphatic rings. The number of benzene rings is 1. The molecule has 5 nitrogen and oxygen atoms in total. The number of carbonyl (C=O) groups excluding carboxylic acids is 1. The number of aryl methyl sites for hydroxylation is 2. The lowest BCUT2D eigenvalue weighted by Crippen LogP contribution is -2.26. The monoisotopic (exact) mass is 310 g/mol.